The van der Waals surface area contributed by atoms with Gasteiger partial charge in [-0.2, -0.15) is 0 Å². The van der Waals surface area contributed by atoms with Gasteiger partial charge in [0, 0.05) is 0 Å². The van der Waals surface area contributed by atoms with Crippen molar-refractivity contribution in [2.75, 3.05) is 26.4 Å². The van der Waals surface area contributed by atoms with Gasteiger partial charge in [0.05, 0.1) is 50.1 Å². The van der Waals surface area contributed by atoms with E-state index in [1.165, 1.54) is 43.8 Å². The van der Waals surface area contributed by atoms with Crippen molar-refractivity contribution in [3.05, 3.63) is 83.0 Å². The normalized spacial score (nSPS) is 33.5. The highest BCUT2D eigenvalue weighted by molar-refractivity contribution is 6.00. The molecule has 0 N–H and O–H groups in total. The summed E-state index contributed by atoms with van der Waals surface area (Å²) in [6.45, 7) is 2.73. The third-order valence-corrected chi connectivity index (χ3v) is 8.74. The first kappa shape index (κ1) is 17.0. The highest BCUT2D eigenvalue weighted by Gasteiger charge is 2.60. The molecule has 4 bridgehead atoms. The van der Waals surface area contributed by atoms with E-state index in [4.69, 9.17) is 18.9 Å². The van der Waals surface area contributed by atoms with Crippen LogP contribution in [0.1, 0.15) is 45.9 Å². The summed E-state index contributed by atoms with van der Waals surface area (Å²) in [4.78, 5) is 0. The molecule has 2 heterocycles. The molecule has 2 fully saturated rings. The van der Waals surface area contributed by atoms with Crippen LogP contribution in [-0.4, -0.2) is 38.0 Å². The number of benzene rings is 3. The summed E-state index contributed by atoms with van der Waals surface area (Å²) >= 11 is 0. The Kier molecular flexibility index (Phi) is 2.85. The summed E-state index contributed by atoms with van der Waals surface area (Å²) < 4.78 is 24.8. The Labute approximate surface area is 185 Å². The Bertz CT molecular complexity index is 1220. The van der Waals surface area contributed by atoms with E-state index in [1.807, 2.05) is 0 Å². The molecule has 0 unspecified atom stereocenters. The average Bonchev–Trinajstić information content (AvgIpc) is 3.65. The zero-order chi connectivity index (χ0) is 20.7. The predicted octanol–water partition coefficient (Wildman–Crippen LogP) is 4.98. The number of hydrogen-bond donors (Lipinski definition) is 0. The summed E-state index contributed by atoms with van der Waals surface area (Å²) in [5.74, 6) is -0.211. The smallest absolute Gasteiger partial charge is 0.189 e. The molecule has 4 nitrogen and oxygen atoms in total. The minimum atomic E-state index is -0.499. The molecule has 0 aromatic heterocycles. The number of fused-ring (bicyclic) bond motifs is 8. The van der Waals surface area contributed by atoms with Crippen LogP contribution in [0.15, 0.2) is 60.7 Å². The van der Waals surface area contributed by atoms with Gasteiger partial charge in [-0.25, -0.2) is 0 Å². The fourth-order valence-electron chi connectivity index (χ4n) is 7.50. The van der Waals surface area contributed by atoms with Gasteiger partial charge in [0.25, 0.3) is 0 Å². The van der Waals surface area contributed by atoms with Crippen LogP contribution in [0, 0.1) is 0 Å². The molecule has 4 atom stereocenters. The van der Waals surface area contributed by atoms with E-state index in [2.05, 4.69) is 60.7 Å². The van der Waals surface area contributed by atoms with Gasteiger partial charge in [0.1, 0.15) is 0 Å². The summed E-state index contributed by atoms with van der Waals surface area (Å²) in [5.41, 5.74) is 5.45. The predicted molar refractivity (Wildman–Crippen MR) is 120 cm³/mol. The van der Waals surface area contributed by atoms with Crippen molar-refractivity contribution in [3.63, 3.8) is 0 Å². The summed E-state index contributed by atoms with van der Waals surface area (Å²) in [6.07, 6.45) is 9.12. The number of ether oxygens (including phenoxy) is 4. The fourth-order valence-corrected chi connectivity index (χ4v) is 7.50. The van der Waals surface area contributed by atoms with Gasteiger partial charge in [0.2, 0.25) is 0 Å². The second kappa shape index (κ2) is 5.35. The van der Waals surface area contributed by atoms with Crippen LogP contribution in [0.3, 0.4) is 0 Å². The number of rotatable bonds is 0. The third-order valence-electron chi connectivity index (χ3n) is 8.74. The molecule has 0 radical (unpaired) electrons. The van der Waals surface area contributed by atoms with Crippen molar-refractivity contribution in [2.45, 2.75) is 35.2 Å². The second-order valence-electron chi connectivity index (χ2n) is 10.0. The quantitative estimate of drug-likeness (QED) is 0.378. The molecule has 6 aliphatic rings. The fraction of sp³-hybridized carbons (Fsp3) is 0.357. The maximum Gasteiger partial charge on any atom is 0.189 e. The third kappa shape index (κ3) is 1.74. The number of hydrogen-bond acceptors (Lipinski definition) is 4. The first-order chi connectivity index (χ1) is 15.8. The lowest BCUT2D eigenvalue weighted by molar-refractivity contribution is -0.161. The van der Waals surface area contributed by atoms with Crippen LogP contribution in [0.4, 0.5) is 0 Å². The molecule has 2 spiro atoms. The maximum atomic E-state index is 6.19. The minimum Gasteiger partial charge on any atom is -0.346 e. The Hall–Kier alpha value is -2.50. The average molecular weight is 422 g/mol. The highest BCUT2D eigenvalue weighted by Crippen LogP contribution is 2.61. The molecule has 2 aliphatic heterocycles. The Morgan fingerprint density at radius 3 is 1.00 bits per heavy atom. The van der Waals surface area contributed by atoms with Crippen LogP contribution in [0.5, 0.6) is 0 Å². The van der Waals surface area contributed by atoms with Gasteiger partial charge in [-0.3, -0.25) is 0 Å². The van der Waals surface area contributed by atoms with Crippen LogP contribution in [0.2, 0.25) is 0 Å². The molecule has 4 heteroatoms. The van der Waals surface area contributed by atoms with Crippen molar-refractivity contribution in [3.8, 4) is 0 Å². The van der Waals surface area contributed by atoms with Crippen molar-refractivity contribution in [1.82, 2.24) is 0 Å². The van der Waals surface area contributed by atoms with Gasteiger partial charge in [-0.05, 0) is 55.9 Å². The van der Waals surface area contributed by atoms with Gasteiger partial charge in [-0.15, -0.1) is 0 Å². The molecule has 4 aliphatic carbocycles. The Morgan fingerprint density at radius 1 is 0.438 bits per heavy atom. The molecular formula is C28H22O4. The zero-order valence-corrected chi connectivity index (χ0v) is 17.5. The molecular weight excluding hydrogens is 400 g/mol. The molecule has 0 amide bonds. The zero-order valence-electron chi connectivity index (χ0n) is 17.5. The second-order valence-corrected chi connectivity index (χ2v) is 10.0. The SMILES string of the molecule is C1=C[C@H]2c3cc4cc5cc6c(cc5cc4cc3[C@@H]1C21OCCO1)[C@H]1C=C[C@@H]6C12OCCO2. The van der Waals surface area contributed by atoms with E-state index in [0.717, 1.165) is 0 Å². The van der Waals surface area contributed by atoms with Gasteiger partial charge in [-0.1, -0.05) is 48.6 Å². The van der Waals surface area contributed by atoms with Gasteiger partial charge < -0.3 is 18.9 Å². The Morgan fingerprint density at radius 2 is 0.719 bits per heavy atom. The molecule has 9 rings (SSSR count). The Balaban J connectivity index is 1.23. The standard InChI is InChI=1S/C28H22O4/c1-2-24-20-12-16-10-18-14-22-21(25-3-4-26(22)28(25)31-7-8-32-28)13-17(18)9-15(16)11-19(20)23(1)27(24)29-5-6-30-27/h1-4,9-14,23-26H,5-8H2/t23-,24+,25-,26+. The lowest BCUT2D eigenvalue weighted by Gasteiger charge is -2.27. The van der Waals surface area contributed by atoms with E-state index < -0.39 is 11.6 Å². The van der Waals surface area contributed by atoms with Gasteiger partial charge >= 0.3 is 0 Å². The minimum absolute atomic E-state index is 0.197. The van der Waals surface area contributed by atoms with Crippen LogP contribution >= 0.6 is 0 Å². The van der Waals surface area contributed by atoms with Crippen LogP contribution in [-0.2, 0) is 18.9 Å². The lowest BCUT2D eigenvalue weighted by Crippen LogP contribution is -2.34. The van der Waals surface area contributed by atoms with Crippen LogP contribution < -0.4 is 0 Å². The monoisotopic (exact) mass is 422 g/mol. The first-order valence-corrected chi connectivity index (χ1v) is 11.7. The molecule has 32 heavy (non-hydrogen) atoms. The van der Waals surface area contributed by atoms with Crippen molar-refractivity contribution < 1.29 is 18.9 Å². The summed E-state index contributed by atoms with van der Waals surface area (Å²) in [6, 6.07) is 14.2. The molecule has 3 aromatic carbocycles. The van der Waals surface area contributed by atoms with E-state index in [9.17, 15) is 0 Å². The van der Waals surface area contributed by atoms with Gasteiger partial charge in [0.15, 0.2) is 11.6 Å². The van der Waals surface area contributed by atoms with Crippen molar-refractivity contribution in [1.29, 1.82) is 0 Å². The summed E-state index contributed by atoms with van der Waals surface area (Å²) in [7, 11) is 0. The largest absolute Gasteiger partial charge is 0.346 e. The van der Waals surface area contributed by atoms with E-state index in [-0.39, 0.29) is 23.7 Å². The van der Waals surface area contributed by atoms with Crippen LogP contribution in [0.25, 0.3) is 21.5 Å². The summed E-state index contributed by atoms with van der Waals surface area (Å²) in [5, 5.41) is 5.14. The molecule has 0 saturated carbocycles. The van der Waals surface area contributed by atoms with Crippen molar-refractivity contribution in [2.24, 2.45) is 0 Å². The van der Waals surface area contributed by atoms with E-state index >= 15 is 0 Å². The maximum absolute atomic E-state index is 6.19. The van der Waals surface area contributed by atoms with Crippen molar-refractivity contribution >= 4 is 21.5 Å². The first-order valence-electron chi connectivity index (χ1n) is 11.7. The topological polar surface area (TPSA) is 36.9 Å². The molecule has 158 valence electrons. The lowest BCUT2D eigenvalue weighted by atomic mass is 9.89. The van der Waals surface area contributed by atoms with E-state index in [1.54, 1.807) is 0 Å². The highest BCUT2D eigenvalue weighted by atomic mass is 16.7. The molecule has 3 aromatic rings. The molecule has 2 saturated heterocycles. The van der Waals surface area contributed by atoms with E-state index in [0.29, 0.717) is 26.4 Å².